The van der Waals surface area contributed by atoms with E-state index in [1.54, 1.807) is 37.3 Å². The van der Waals surface area contributed by atoms with Crippen molar-refractivity contribution in [3.05, 3.63) is 48.8 Å². The highest BCUT2D eigenvalue weighted by atomic mass is 19.3. The zero-order valence-electron chi connectivity index (χ0n) is 20.2. The third-order valence-corrected chi connectivity index (χ3v) is 5.91. The number of piperidine rings is 1. The summed E-state index contributed by atoms with van der Waals surface area (Å²) in [6.45, 7) is 1.05. The van der Waals surface area contributed by atoms with Gasteiger partial charge in [0.1, 0.15) is 11.2 Å². The first-order valence-corrected chi connectivity index (χ1v) is 11.5. The highest BCUT2D eigenvalue weighted by molar-refractivity contribution is 5.90. The third kappa shape index (κ3) is 5.67. The average Bonchev–Trinajstić information content (AvgIpc) is 3.27. The summed E-state index contributed by atoms with van der Waals surface area (Å²) in [6, 6.07) is 11.3. The number of nitrogens with zero attached hydrogens (tertiary/aromatic N) is 5. The normalized spacial score (nSPS) is 17.7. The number of amides is 1. The van der Waals surface area contributed by atoms with Gasteiger partial charge < -0.3 is 15.0 Å². The van der Waals surface area contributed by atoms with Gasteiger partial charge in [-0.15, -0.1) is 5.10 Å². The number of carbonyl (C=O) groups is 1. The first-order valence-electron chi connectivity index (χ1n) is 11.5. The van der Waals surface area contributed by atoms with Crippen LogP contribution < -0.4 is 10.1 Å². The molecule has 0 aliphatic carbocycles. The summed E-state index contributed by atoms with van der Waals surface area (Å²) in [4.78, 5) is 20.7. The molecule has 11 heteroatoms. The molecule has 3 aromatic heterocycles. The summed E-state index contributed by atoms with van der Waals surface area (Å²) in [6.07, 6.45) is 4.76. The van der Waals surface area contributed by atoms with Crippen LogP contribution in [0.15, 0.2) is 48.8 Å². The molecule has 1 aliphatic rings. The molecule has 1 amide bonds. The molecule has 1 atom stereocenters. The SMILES string of the molecule is CC(=O)N1CCCC(C)(F)C1.CNc1nc(OC(F)F)c2c(-c3ccc4ncccc4c3)ccn2n1.[HH]. The van der Waals surface area contributed by atoms with E-state index in [-0.39, 0.29) is 25.7 Å². The van der Waals surface area contributed by atoms with Crippen molar-refractivity contribution < 1.29 is 24.1 Å². The molecule has 0 radical (unpaired) electrons. The van der Waals surface area contributed by atoms with E-state index in [0.29, 0.717) is 17.5 Å². The van der Waals surface area contributed by atoms with E-state index in [1.807, 2.05) is 30.3 Å². The van der Waals surface area contributed by atoms with Crippen molar-refractivity contribution in [3.63, 3.8) is 0 Å². The fraction of sp³-hybridized carbons (Fsp3) is 0.360. The van der Waals surface area contributed by atoms with Gasteiger partial charge in [-0.3, -0.25) is 9.78 Å². The Kier molecular flexibility index (Phi) is 7.27. The summed E-state index contributed by atoms with van der Waals surface area (Å²) in [5, 5.41) is 7.90. The fourth-order valence-electron chi connectivity index (χ4n) is 4.20. The van der Waals surface area contributed by atoms with E-state index in [0.717, 1.165) is 29.4 Å². The summed E-state index contributed by atoms with van der Waals surface area (Å²) in [5.74, 6) is -0.0118. The largest absolute Gasteiger partial charge is 0.414 e. The van der Waals surface area contributed by atoms with Gasteiger partial charge >= 0.3 is 6.61 Å². The zero-order valence-corrected chi connectivity index (χ0v) is 20.2. The van der Waals surface area contributed by atoms with Gasteiger partial charge in [-0.1, -0.05) is 12.1 Å². The number of anilines is 1. The molecule has 4 aromatic rings. The third-order valence-electron chi connectivity index (χ3n) is 5.91. The van der Waals surface area contributed by atoms with Gasteiger partial charge in [0.25, 0.3) is 0 Å². The molecule has 1 aromatic carbocycles. The number of benzene rings is 1. The lowest BCUT2D eigenvalue weighted by atomic mass is 9.97. The molecule has 36 heavy (non-hydrogen) atoms. The average molecular weight is 503 g/mol. The number of carbonyl (C=O) groups excluding carboxylic acids is 1. The number of nitrogens with one attached hydrogen (secondary N) is 1. The van der Waals surface area contributed by atoms with Crippen molar-refractivity contribution in [1.29, 1.82) is 0 Å². The van der Waals surface area contributed by atoms with Crippen LogP contribution in [0.5, 0.6) is 5.88 Å². The highest BCUT2D eigenvalue weighted by Crippen LogP contribution is 2.33. The molecular formula is C25H29F3N6O2. The minimum absolute atomic E-state index is 0. The van der Waals surface area contributed by atoms with Gasteiger partial charge in [0.2, 0.25) is 17.7 Å². The topological polar surface area (TPSA) is 84.7 Å². The Balaban J connectivity index is 0.000000269. The number of halogens is 3. The van der Waals surface area contributed by atoms with E-state index in [2.05, 4.69) is 25.1 Å². The highest BCUT2D eigenvalue weighted by Gasteiger charge is 2.31. The number of fused-ring (bicyclic) bond motifs is 2. The smallest absolute Gasteiger partial charge is 0.388 e. The van der Waals surface area contributed by atoms with Crippen molar-refractivity contribution in [3.8, 4) is 17.0 Å². The Labute approximate surface area is 207 Å². The summed E-state index contributed by atoms with van der Waals surface area (Å²) in [5.41, 5.74) is 1.60. The van der Waals surface area contributed by atoms with Crippen molar-refractivity contribution in [2.24, 2.45) is 0 Å². The Hall–Kier alpha value is -3.89. The number of ether oxygens (including phenoxy) is 1. The molecule has 5 rings (SSSR count). The van der Waals surface area contributed by atoms with Crippen molar-refractivity contribution in [2.45, 2.75) is 39.0 Å². The standard InChI is InChI=1S/C17H13F2N5O.C8H14FNO.H2/c1-20-17-22-15(25-16(18)19)14-12(6-8-24(14)23-17)10-4-5-13-11(9-10)3-2-7-21-13;1-7(11)10-5-3-4-8(2,9)6-10;/h2-9,16H,1H3,(H,20,23);3-6H2,1-2H3;1H. The van der Waals surface area contributed by atoms with Crippen LogP contribution in [0, 0.1) is 0 Å². The van der Waals surface area contributed by atoms with Gasteiger partial charge in [0, 0.05) is 45.3 Å². The van der Waals surface area contributed by atoms with E-state index in [4.69, 9.17) is 0 Å². The number of aromatic nitrogens is 4. The predicted octanol–water partition coefficient (Wildman–Crippen LogP) is 5.19. The first-order chi connectivity index (χ1) is 17.2. The lowest BCUT2D eigenvalue weighted by molar-refractivity contribution is -0.132. The second-order valence-electron chi connectivity index (χ2n) is 8.76. The van der Waals surface area contributed by atoms with Crippen LogP contribution in [-0.4, -0.2) is 62.8 Å². The quantitative estimate of drug-likeness (QED) is 0.414. The van der Waals surface area contributed by atoms with Crippen molar-refractivity contribution >= 4 is 28.3 Å². The lowest BCUT2D eigenvalue weighted by Crippen LogP contribution is -2.45. The molecule has 8 nitrogen and oxygen atoms in total. The maximum absolute atomic E-state index is 13.3. The number of hydrogen-bond acceptors (Lipinski definition) is 6. The number of rotatable bonds is 4. The minimum atomic E-state index is -2.98. The Morgan fingerprint density at radius 1 is 1.28 bits per heavy atom. The molecule has 0 saturated carbocycles. The molecule has 0 bridgehead atoms. The first kappa shape index (κ1) is 25.2. The molecule has 1 saturated heterocycles. The van der Waals surface area contributed by atoms with Crippen LogP contribution in [-0.2, 0) is 4.79 Å². The number of alkyl halides is 3. The Bertz CT molecular complexity index is 1380. The van der Waals surface area contributed by atoms with E-state index in [9.17, 15) is 18.0 Å². The summed E-state index contributed by atoms with van der Waals surface area (Å²) < 4.78 is 45.0. The predicted molar refractivity (Wildman–Crippen MR) is 133 cm³/mol. The van der Waals surface area contributed by atoms with Crippen LogP contribution in [0.3, 0.4) is 0 Å². The maximum Gasteiger partial charge on any atom is 0.388 e. The van der Waals surface area contributed by atoms with Crippen LogP contribution in [0.2, 0.25) is 0 Å². The molecule has 1 N–H and O–H groups in total. The van der Waals surface area contributed by atoms with E-state index >= 15 is 0 Å². The second kappa shape index (κ2) is 10.4. The van der Waals surface area contributed by atoms with E-state index < -0.39 is 12.3 Å². The minimum Gasteiger partial charge on any atom is -0.414 e. The monoisotopic (exact) mass is 502 g/mol. The Morgan fingerprint density at radius 3 is 2.75 bits per heavy atom. The molecule has 1 fully saturated rings. The van der Waals surface area contributed by atoms with Gasteiger partial charge in [0.15, 0.2) is 0 Å². The van der Waals surface area contributed by atoms with Crippen LogP contribution in [0.1, 0.15) is 28.1 Å². The van der Waals surface area contributed by atoms with Crippen molar-refractivity contribution in [1.82, 2.24) is 24.5 Å². The molecule has 0 spiro atoms. The van der Waals surface area contributed by atoms with Crippen LogP contribution in [0.25, 0.3) is 27.5 Å². The number of likely N-dealkylation sites (tertiary alicyclic amines) is 1. The number of hydrogen-bond donors (Lipinski definition) is 1. The molecule has 192 valence electrons. The number of pyridine rings is 1. The van der Waals surface area contributed by atoms with Gasteiger partial charge in [-0.2, -0.15) is 13.8 Å². The molecular weight excluding hydrogens is 473 g/mol. The summed E-state index contributed by atoms with van der Waals surface area (Å²) >= 11 is 0. The molecule has 1 unspecified atom stereocenters. The van der Waals surface area contributed by atoms with Gasteiger partial charge in [-0.25, -0.2) is 8.91 Å². The second-order valence-corrected chi connectivity index (χ2v) is 8.76. The maximum atomic E-state index is 13.3. The Morgan fingerprint density at radius 2 is 2.08 bits per heavy atom. The summed E-state index contributed by atoms with van der Waals surface area (Å²) in [7, 11) is 1.61. The van der Waals surface area contributed by atoms with Crippen LogP contribution >= 0.6 is 0 Å². The van der Waals surface area contributed by atoms with E-state index in [1.165, 1.54) is 11.4 Å². The molecule has 4 heterocycles. The fourth-order valence-corrected chi connectivity index (χ4v) is 4.20. The molecule has 1 aliphatic heterocycles. The van der Waals surface area contributed by atoms with Gasteiger partial charge in [0.05, 0.1) is 12.1 Å². The van der Waals surface area contributed by atoms with Crippen LogP contribution in [0.4, 0.5) is 19.1 Å². The van der Waals surface area contributed by atoms with Crippen molar-refractivity contribution in [2.75, 3.05) is 25.5 Å². The zero-order chi connectivity index (χ0) is 25.9. The van der Waals surface area contributed by atoms with Gasteiger partial charge in [-0.05, 0) is 49.6 Å². The lowest BCUT2D eigenvalue weighted by Gasteiger charge is -2.34.